The molecule has 0 fully saturated rings. The number of ether oxygens (including phenoxy) is 2. The van der Waals surface area contributed by atoms with Gasteiger partial charge in [0.25, 0.3) is 0 Å². The summed E-state index contributed by atoms with van der Waals surface area (Å²) in [6.07, 6.45) is 0.901. The Morgan fingerprint density at radius 3 is 2.57 bits per heavy atom. The highest BCUT2D eigenvalue weighted by molar-refractivity contribution is 5.47. The second-order valence-corrected chi connectivity index (χ2v) is 5.71. The Morgan fingerprint density at radius 2 is 1.74 bits per heavy atom. The topological polar surface area (TPSA) is 41.9 Å². The fraction of sp³-hybridized carbons (Fsp3) is 0.368. The van der Waals surface area contributed by atoms with Gasteiger partial charge in [-0.3, -0.25) is 4.90 Å². The first kappa shape index (κ1) is 15.8. The van der Waals surface area contributed by atoms with Gasteiger partial charge in [0, 0.05) is 31.6 Å². The molecule has 4 nitrogen and oxygen atoms in total. The number of hydrogen-bond acceptors (Lipinski definition) is 4. The van der Waals surface area contributed by atoms with E-state index < -0.39 is 0 Å². The number of nitrogens with zero attached hydrogens (tertiary/aromatic N) is 1. The molecular formula is C19H23NO3. The number of rotatable bonds is 6. The molecule has 4 heteroatoms. The Bertz CT molecular complexity index is 615. The molecular weight excluding hydrogens is 290 g/mol. The molecule has 122 valence electrons. The molecule has 0 aliphatic carbocycles. The van der Waals surface area contributed by atoms with Gasteiger partial charge in [-0.2, -0.15) is 0 Å². The van der Waals surface area contributed by atoms with Crippen molar-refractivity contribution >= 4 is 0 Å². The summed E-state index contributed by atoms with van der Waals surface area (Å²) in [7, 11) is 0. The zero-order valence-corrected chi connectivity index (χ0v) is 13.3. The monoisotopic (exact) mass is 313 g/mol. The molecule has 0 amide bonds. The second kappa shape index (κ2) is 7.99. The summed E-state index contributed by atoms with van der Waals surface area (Å²) < 4.78 is 11.7. The molecule has 23 heavy (non-hydrogen) atoms. The predicted octanol–water partition coefficient (Wildman–Crippen LogP) is 2.84. The Morgan fingerprint density at radius 1 is 0.913 bits per heavy atom. The molecule has 1 heterocycles. The number of aliphatic hydroxyl groups is 1. The first-order chi connectivity index (χ1) is 11.4. The van der Waals surface area contributed by atoms with Crippen LogP contribution in [0, 0.1) is 0 Å². The molecule has 0 radical (unpaired) electrons. The van der Waals surface area contributed by atoms with Gasteiger partial charge < -0.3 is 14.6 Å². The molecule has 0 spiro atoms. The lowest BCUT2D eigenvalue weighted by atomic mass is 10.1. The molecule has 2 aromatic rings. The van der Waals surface area contributed by atoms with E-state index in [4.69, 9.17) is 9.47 Å². The second-order valence-electron chi connectivity index (χ2n) is 5.71. The standard InChI is InChI=1S/C19H23NO3/c21-11-10-20(14-16-6-2-1-3-7-16)15-17-8-4-9-18-19(17)23-13-5-12-22-18/h1-4,6-9,21H,5,10-15H2. The van der Waals surface area contributed by atoms with E-state index in [0.29, 0.717) is 19.8 Å². The molecule has 0 bridgehead atoms. The number of fused-ring (bicyclic) bond motifs is 1. The van der Waals surface area contributed by atoms with E-state index in [-0.39, 0.29) is 6.61 Å². The van der Waals surface area contributed by atoms with Crippen LogP contribution in [0.25, 0.3) is 0 Å². The highest BCUT2D eigenvalue weighted by Gasteiger charge is 2.16. The van der Waals surface area contributed by atoms with E-state index in [1.165, 1.54) is 5.56 Å². The van der Waals surface area contributed by atoms with Crippen LogP contribution in [0.4, 0.5) is 0 Å². The fourth-order valence-corrected chi connectivity index (χ4v) is 2.82. The van der Waals surface area contributed by atoms with Crippen molar-refractivity contribution in [3.63, 3.8) is 0 Å². The van der Waals surface area contributed by atoms with Crippen molar-refractivity contribution in [3.05, 3.63) is 59.7 Å². The van der Waals surface area contributed by atoms with Crippen LogP contribution in [0.3, 0.4) is 0 Å². The highest BCUT2D eigenvalue weighted by Crippen LogP contribution is 2.34. The van der Waals surface area contributed by atoms with Crippen LogP contribution >= 0.6 is 0 Å². The van der Waals surface area contributed by atoms with E-state index in [1.807, 2.05) is 30.3 Å². The average Bonchev–Trinajstić information content (AvgIpc) is 2.82. The smallest absolute Gasteiger partial charge is 0.165 e. The molecule has 1 aliphatic rings. The van der Waals surface area contributed by atoms with Crippen molar-refractivity contribution in [1.82, 2.24) is 4.90 Å². The van der Waals surface area contributed by atoms with E-state index >= 15 is 0 Å². The maximum absolute atomic E-state index is 9.38. The van der Waals surface area contributed by atoms with Gasteiger partial charge in [-0.1, -0.05) is 42.5 Å². The quantitative estimate of drug-likeness (QED) is 0.890. The summed E-state index contributed by atoms with van der Waals surface area (Å²) in [5, 5.41) is 9.38. The molecule has 3 rings (SSSR count). The van der Waals surface area contributed by atoms with Crippen molar-refractivity contribution < 1.29 is 14.6 Å². The Kier molecular flexibility index (Phi) is 5.51. The van der Waals surface area contributed by atoms with Crippen molar-refractivity contribution in [2.45, 2.75) is 19.5 Å². The van der Waals surface area contributed by atoms with Crippen LogP contribution in [0.15, 0.2) is 48.5 Å². The number of para-hydroxylation sites is 1. The Balaban J connectivity index is 1.77. The minimum atomic E-state index is 0.138. The molecule has 0 atom stereocenters. The molecule has 2 aromatic carbocycles. The zero-order valence-electron chi connectivity index (χ0n) is 13.3. The summed E-state index contributed by atoms with van der Waals surface area (Å²) in [4.78, 5) is 2.22. The third-order valence-corrected chi connectivity index (χ3v) is 3.91. The lowest BCUT2D eigenvalue weighted by Gasteiger charge is -2.23. The number of benzene rings is 2. The van der Waals surface area contributed by atoms with E-state index in [2.05, 4.69) is 23.1 Å². The minimum Gasteiger partial charge on any atom is -0.490 e. The largest absolute Gasteiger partial charge is 0.490 e. The average molecular weight is 313 g/mol. The van der Waals surface area contributed by atoms with Crippen LogP contribution in [-0.4, -0.2) is 36.4 Å². The van der Waals surface area contributed by atoms with Crippen LogP contribution in [-0.2, 0) is 13.1 Å². The van der Waals surface area contributed by atoms with Crippen molar-refractivity contribution in [2.24, 2.45) is 0 Å². The van der Waals surface area contributed by atoms with Crippen LogP contribution in [0.1, 0.15) is 17.5 Å². The van der Waals surface area contributed by atoms with Gasteiger partial charge in [0.05, 0.1) is 19.8 Å². The van der Waals surface area contributed by atoms with Crippen molar-refractivity contribution in [2.75, 3.05) is 26.4 Å². The van der Waals surface area contributed by atoms with Crippen molar-refractivity contribution in [1.29, 1.82) is 0 Å². The summed E-state index contributed by atoms with van der Waals surface area (Å²) in [5.41, 5.74) is 2.34. The van der Waals surface area contributed by atoms with Gasteiger partial charge in [0.1, 0.15) is 0 Å². The molecule has 0 aromatic heterocycles. The van der Waals surface area contributed by atoms with Crippen LogP contribution in [0.2, 0.25) is 0 Å². The zero-order chi connectivity index (χ0) is 15.9. The van der Waals surface area contributed by atoms with Gasteiger partial charge in [-0.05, 0) is 11.6 Å². The summed E-state index contributed by atoms with van der Waals surface area (Å²) in [6.45, 7) is 3.66. The molecule has 0 unspecified atom stereocenters. The SMILES string of the molecule is OCCN(Cc1ccccc1)Cc1cccc2c1OCCCO2. The number of hydrogen-bond donors (Lipinski definition) is 1. The third kappa shape index (κ3) is 4.24. The van der Waals surface area contributed by atoms with Gasteiger partial charge in [-0.25, -0.2) is 0 Å². The molecule has 0 saturated heterocycles. The number of aliphatic hydroxyl groups excluding tert-OH is 1. The summed E-state index contributed by atoms with van der Waals surface area (Å²) in [6, 6.07) is 16.3. The normalized spacial score (nSPS) is 13.8. The Hall–Kier alpha value is -2.04. The lowest BCUT2D eigenvalue weighted by molar-refractivity contribution is 0.182. The third-order valence-electron chi connectivity index (χ3n) is 3.91. The van der Waals surface area contributed by atoms with Gasteiger partial charge >= 0.3 is 0 Å². The van der Waals surface area contributed by atoms with Gasteiger partial charge in [-0.15, -0.1) is 0 Å². The first-order valence-electron chi connectivity index (χ1n) is 8.11. The van der Waals surface area contributed by atoms with E-state index in [9.17, 15) is 5.11 Å². The first-order valence-corrected chi connectivity index (χ1v) is 8.11. The van der Waals surface area contributed by atoms with E-state index in [0.717, 1.165) is 36.6 Å². The van der Waals surface area contributed by atoms with Gasteiger partial charge in [0.15, 0.2) is 11.5 Å². The summed E-state index contributed by atoms with van der Waals surface area (Å²) >= 11 is 0. The Labute approximate surface area is 137 Å². The molecule has 0 saturated carbocycles. The lowest BCUT2D eigenvalue weighted by Crippen LogP contribution is -2.26. The maximum atomic E-state index is 9.38. The minimum absolute atomic E-state index is 0.138. The predicted molar refractivity (Wildman–Crippen MR) is 89.7 cm³/mol. The molecule has 1 N–H and O–H groups in total. The maximum Gasteiger partial charge on any atom is 0.165 e. The summed E-state index contributed by atoms with van der Waals surface area (Å²) in [5.74, 6) is 1.67. The molecule has 1 aliphatic heterocycles. The van der Waals surface area contributed by atoms with Crippen molar-refractivity contribution in [3.8, 4) is 11.5 Å². The van der Waals surface area contributed by atoms with Gasteiger partial charge in [0.2, 0.25) is 0 Å². The van der Waals surface area contributed by atoms with Crippen LogP contribution < -0.4 is 9.47 Å². The van der Waals surface area contributed by atoms with Crippen LogP contribution in [0.5, 0.6) is 11.5 Å². The highest BCUT2D eigenvalue weighted by atomic mass is 16.5. The van der Waals surface area contributed by atoms with E-state index in [1.54, 1.807) is 0 Å². The fourth-order valence-electron chi connectivity index (χ4n) is 2.82.